The van der Waals surface area contributed by atoms with Gasteiger partial charge in [0.15, 0.2) is 5.78 Å². The Morgan fingerprint density at radius 3 is 2.59 bits per heavy atom. The fourth-order valence-corrected chi connectivity index (χ4v) is 2.49. The first-order chi connectivity index (χ1) is 10.6. The first kappa shape index (κ1) is 16.7. The number of nitrogens with zero attached hydrogens (tertiary/aromatic N) is 1. The fraction of sp³-hybridized carbons (Fsp3) is 0.500. The van der Waals surface area contributed by atoms with Crippen molar-refractivity contribution in [1.82, 2.24) is 10.2 Å². The van der Waals surface area contributed by atoms with E-state index in [1.165, 1.54) is 0 Å². The third kappa shape index (κ3) is 5.62. The first-order valence-corrected chi connectivity index (χ1v) is 7.98. The highest BCUT2D eigenvalue weighted by molar-refractivity contribution is 5.96. The van der Waals surface area contributed by atoms with Gasteiger partial charge in [-0.3, -0.25) is 4.79 Å². The van der Waals surface area contributed by atoms with Gasteiger partial charge in [-0.1, -0.05) is 6.58 Å². The van der Waals surface area contributed by atoms with Crippen LogP contribution in [0.15, 0.2) is 36.4 Å². The Balaban J connectivity index is 1.73. The van der Waals surface area contributed by atoms with E-state index in [1.807, 2.05) is 31.2 Å². The molecule has 0 amide bonds. The monoisotopic (exact) mass is 302 g/mol. The summed E-state index contributed by atoms with van der Waals surface area (Å²) in [5.41, 5.74) is 1.75. The van der Waals surface area contributed by atoms with Crippen LogP contribution in [0.3, 0.4) is 0 Å². The predicted molar refractivity (Wildman–Crippen MR) is 89.6 cm³/mol. The number of hydrogen-bond acceptors (Lipinski definition) is 4. The summed E-state index contributed by atoms with van der Waals surface area (Å²) in [6.07, 6.45) is 1.53. The smallest absolute Gasteiger partial charge is 0.162 e. The standard InChI is InChI=1S/C18H26N2O2/c1-15(2)14-22-17-7-5-16(6-8-17)18(21)4-3-11-20-12-9-19-10-13-20/h5-8,19H,1,3-4,9-14H2,2H3. The molecule has 4 heteroatoms. The van der Waals surface area contributed by atoms with Gasteiger partial charge in [-0.25, -0.2) is 0 Å². The van der Waals surface area contributed by atoms with E-state index in [2.05, 4.69) is 16.8 Å². The van der Waals surface area contributed by atoms with Crippen molar-refractivity contribution in [1.29, 1.82) is 0 Å². The molecule has 4 nitrogen and oxygen atoms in total. The second-order valence-electron chi connectivity index (χ2n) is 5.89. The molecule has 1 fully saturated rings. The van der Waals surface area contributed by atoms with E-state index in [4.69, 9.17) is 4.74 Å². The highest BCUT2D eigenvalue weighted by atomic mass is 16.5. The van der Waals surface area contributed by atoms with Gasteiger partial charge in [0, 0.05) is 38.2 Å². The van der Waals surface area contributed by atoms with Gasteiger partial charge in [0.05, 0.1) is 0 Å². The number of Topliss-reactive ketones (excluding diaryl/α,β-unsaturated/α-hetero) is 1. The predicted octanol–water partition coefficient (Wildman–Crippen LogP) is 2.51. The van der Waals surface area contributed by atoms with E-state index in [-0.39, 0.29) is 5.78 Å². The number of carbonyl (C=O) groups excluding carboxylic acids is 1. The largest absolute Gasteiger partial charge is 0.489 e. The molecule has 1 heterocycles. The Hall–Kier alpha value is -1.65. The van der Waals surface area contributed by atoms with Crippen molar-refractivity contribution in [3.63, 3.8) is 0 Å². The van der Waals surface area contributed by atoms with Crippen molar-refractivity contribution in [2.45, 2.75) is 19.8 Å². The molecule has 1 saturated heterocycles. The maximum atomic E-state index is 12.2. The van der Waals surface area contributed by atoms with Gasteiger partial charge in [0.25, 0.3) is 0 Å². The SMILES string of the molecule is C=C(C)COc1ccc(C(=O)CCCN2CCNCC2)cc1. The molecule has 1 aliphatic heterocycles. The van der Waals surface area contributed by atoms with Gasteiger partial charge in [-0.15, -0.1) is 0 Å². The summed E-state index contributed by atoms with van der Waals surface area (Å²) in [6, 6.07) is 7.40. The maximum Gasteiger partial charge on any atom is 0.162 e. The molecule has 0 bridgehead atoms. The minimum absolute atomic E-state index is 0.210. The quantitative estimate of drug-likeness (QED) is 0.592. The number of ether oxygens (including phenoxy) is 1. The van der Waals surface area contributed by atoms with E-state index < -0.39 is 0 Å². The number of piperazine rings is 1. The zero-order valence-electron chi connectivity index (χ0n) is 13.4. The van der Waals surface area contributed by atoms with E-state index in [1.54, 1.807) is 0 Å². The number of carbonyl (C=O) groups is 1. The number of benzene rings is 1. The molecule has 22 heavy (non-hydrogen) atoms. The molecule has 1 aromatic rings. The van der Waals surface area contributed by atoms with E-state index in [0.29, 0.717) is 13.0 Å². The Bertz CT molecular complexity index is 490. The zero-order valence-corrected chi connectivity index (χ0v) is 13.4. The van der Waals surface area contributed by atoms with Crippen molar-refractivity contribution >= 4 is 5.78 Å². The molecule has 2 rings (SSSR count). The van der Waals surface area contributed by atoms with Crippen LogP contribution in [0, 0.1) is 0 Å². The molecular weight excluding hydrogens is 276 g/mol. The molecule has 120 valence electrons. The topological polar surface area (TPSA) is 41.6 Å². The normalized spacial score (nSPS) is 15.5. The lowest BCUT2D eigenvalue weighted by Gasteiger charge is -2.26. The van der Waals surface area contributed by atoms with Crippen molar-refractivity contribution < 1.29 is 9.53 Å². The average Bonchev–Trinajstić information content (AvgIpc) is 2.54. The Kier molecular flexibility index (Phi) is 6.62. The highest BCUT2D eigenvalue weighted by Gasteiger charge is 2.11. The van der Waals surface area contributed by atoms with Crippen LogP contribution in [0.1, 0.15) is 30.1 Å². The Labute approximate surface area is 133 Å². The van der Waals surface area contributed by atoms with Crippen LogP contribution in [0.25, 0.3) is 0 Å². The van der Waals surface area contributed by atoms with Crippen LogP contribution in [0.2, 0.25) is 0 Å². The van der Waals surface area contributed by atoms with Gasteiger partial charge in [0.1, 0.15) is 12.4 Å². The van der Waals surface area contributed by atoms with Crippen LogP contribution in [0.4, 0.5) is 0 Å². The molecule has 1 aliphatic rings. The second-order valence-corrected chi connectivity index (χ2v) is 5.89. The van der Waals surface area contributed by atoms with Crippen LogP contribution >= 0.6 is 0 Å². The number of nitrogens with one attached hydrogen (secondary N) is 1. The molecule has 0 aliphatic carbocycles. The summed E-state index contributed by atoms with van der Waals surface area (Å²) >= 11 is 0. The van der Waals surface area contributed by atoms with Crippen LogP contribution in [-0.2, 0) is 0 Å². The fourth-order valence-electron chi connectivity index (χ4n) is 2.49. The van der Waals surface area contributed by atoms with Gasteiger partial charge in [-0.2, -0.15) is 0 Å². The lowest BCUT2D eigenvalue weighted by atomic mass is 10.1. The van der Waals surface area contributed by atoms with E-state index in [0.717, 1.165) is 56.0 Å². The summed E-state index contributed by atoms with van der Waals surface area (Å²) in [5, 5.41) is 3.34. The van der Waals surface area contributed by atoms with Crippen LogP contribution in [0.5, 0.6) is 5.75 Å². The number of hydrogen-bond donors (Lipinski definition) is 1. The molecular formula is C18H26N2O2. The van der Waals surface area contributed by atoms with Crippen LogP contribution in [-0.4, -0.2) is 50.0 Å². The Morgan fingerprint density at radius 2 is 1.95 bits per heavy atom. The molecule has 0 unspecified atom stereocenters. The Morgan fingerprint density at radius 1 is 1.27 bits per heavy atom. The van der Waals surface area contributed by atoms with Crippen molar-refractivity contribution in [2.24, 2.45) is 0 Å². The summed E-state index contributed by atoms with van der Waals surface area (Å²) in [4.78, 5) is 14.6. The molecule has 0 spiro atoms. The van der Waals surface area contributed by atoms with E-state index in [9.17, 15) is 4.79 Å². The van der Waals surface area contributed by atoms with Crippen molar-refractivity contribution in [3.05, 3.63) is 42.0 Å². The summed E-state index contributed by atoms with van der Waals surface area (Å²) in [7, 11) is 0. The minimum atomic E-state index is 0.210. The molecule has 0 aromatic heterocycles. The molecule has 1 N–H and O–H groups in total. The van der Waals surface area contributed by atoms with Crippen molar-refractivity contribution in [2.75, 3.05) is 39.3 Å². The third-order valence-electron chi connectivity index (χ3n) is 3.75. The first-order valence-electron chi connectivity index (χ1n) is 7.98. The number of rotatable bonds is 8. The van der Waals surface area contributed by atoms with Crippen LogP contribution < -0.4 is 10.1 Å². The minimum Gasteiger partial charge on any atom is -0.489 e. The molecule has 0 radical (unpaired) electrons. The lowest BCUT2D eigenvalue weighted by Crippen LogP contribution is -2.43. The molecule has 1 aromatic carbocycles. The molecule has 0 atom stereocenters. The number of ketones is 1. The summed E-state index contributed by atoms with van der Waals surface area (Å²) < 4.78 is 5.54. The second kappa shape index (κ2) is 8.71. The van der Waals surface area contributed by atoms with E-state index >= 15 is 0 Å². The third-order valence-corrected chi connectivity index (χ3v) is 3.75. The average molecular weight is 302 g/mol. The summed E-state index contributed by atoms with van der Waals surface area (Å²) in [5.74, 6) is 0.988. The van der Waals surface area contributed by atoms with Crippen molar-refractivity contribution in [3.8, 4) is 5.75 Å². The highest BCUT2D eigenvalue weighted by Crippen LogP contribution is 2.15. The zero-order chi connectivity index (χ0) is 15.8. The molecule has 0 saturated carbocycles. The lowest BCUT2D eigenvalue weighted by molar-refractivity contribution is 0.0973. The summed E-state index contributed by atoms with van der Waals surface area (Å²) in [6.45, 7) is 11.5. The van der Waals surface area contributed by atoms with Gasteiger partial charge < -0.3 is 15.0 Å². The van der Waals surface area contributed by atoms with Gasteiger partial charge in [-0.05, 0) is 49.7 Å². The van der Waals surface area contributed by atoms with Gasteiger partial charge in [0.2, 0.25) is 0 Å². The van der Waals surface area contributed by atoms with Gasteiger partial charge >= 0.3 is 0 Å². The maximum absolute atomic E-state index is 12.2.